The zero-order valence-corrected chi connectivity index (χ0v) is 12.1. The highest BCUT2D eigenvalue weighted by Gasteiger charge is 2.15. The molecule has 0 spiro atoms. The molecule has 2 rings (SSSR count). The molecule has 3 nitrogen and oxygen atoms in total. The molecule has 1 fully saturated rings. The van der Waals surface area contributed by atoms with E-state index in [1.165, 1.54) is 25.7 Å². The Morgan fingerprint density at radius 2 is 2.16 bits per heavy atom. The SMILES string of the molecule is Cc1cc(OC[C@@H](O)CNC2CCCC2)ccc1Cl. The van der Waals surface area contributed by atoms with Crippen molar-refractivity contribution in [3.8, 4) is 5.75 Å². The lowest BCUT2D eigenvalue weighted by Gasteiger charge is -2.17. The van der Waals surface area contributed by atoms with E-state index in [1.807, 2.05) is 25.1 Å². The molecule has 1 aromatic carbocycles. The number of aryl methyl sites for hydroxylation is 1. The van der Waals surface area contributed by atoms with Crippen molar-refractivity contribution in [3.05, 3.63) is 28.8 Å². The van der Waals surface area contributed by atoms with Crippen molar-refractivity contribution in [3.63, 3.8) is 0 Å². The molecule has 0 unspecified atom stereocenters. The maximum Gasteiger partial charge on any atom is 0.119 e. The van der Waals surface area contributed by atoms with Crippen LogP contribution < -0.4 is 10.1 Å². The molecule has 0 aliphatic heterocycles. The average Bonchev–Trinajstić information content (AvgIpc) is 2.91. The number of nitrogens with one attached hydrogen (secondary N) is 1. The highest BCUT2D eigenvalue weighted by molar-refractivity contribution is 6.31. The monoisotopic (exact) mass is 283 g/mol. The summed E-state index contributed by atoms with van der Waals surface area (Å²) in [6, 6.07) is 6.11. The number of benzene rings is 1. The summed E-state index contributed by atoms with van der Waals surface area (Å²) < 4.78 is 5.57. The third-order valence-electron chi connectivity index (χ3n) is 3.57. The molecule has 1 saturated carbocycles. The Balaban J connectivity index is 1.70. The summed E-state index contributed by atoms with van der Waals surface area (Å²) >= 11 is 5.95. The molecule has 0 amide bonds. The Labute approximate surface area is 119 Å². The second-order valence-corrected chi connectivity index (χ2v) is 5.67. The third kappa shape index (κ3) is 4.68. The summed E-state index contributed by atoms with van der Waals surface area (Å²) in [4.78, 5) is 0. The quantitative estimate of drug-likeness (QED) is 0.843. The van der Waals surface area contributed by atoms with Gasteiger partial charge >= 0.3 is 0 Å². The summed E-state index contributed by atoms with van der Waals surface area (Å²) in [7, 11) is 0. The summed E-state index contributed by atoms with van der Waals surface area (Å²) in [5.41, 5.74) is 0.984. The van der Waals surface area contributed by atoms with Gasteiger partial charge in [-0.15, -0.1) is 0 Å². The predicted octanol–water partition coefficient (Wildman–Crippen LogP) is 2.92. The molecule has 0 saturated heterocycles. The van der Waals surface area contributed by atoms with Crippen LogP contribution in [-0.2, 0) is 0 Å². The molecule has 1 aromatic rings. The number of hydrogen-bond donors (Lipinski definition) is 2. The topological polar surface area (TPSA) is 41.5 Å². The first-order chi connectivity index (χ1) is 9.15. The summed E-state index contributed by atoms with van der Waals surface area (Å²) in [6.07, 6.45) is 4.58. The highest BCUT2D eigenvalue weighted by Crippen LogP contribution is 2.21. The molecule has 1 aliphatic carbocycles. The largest absolute Gasteiger partial charge is 0.491 e. The number of rotatable bonds is 6. The van der Waals surface area contributed by atoms with Crippen molar-refractivity contribution < 1.29 is 9.84 Å². The molecule has 0 bridgehead atoms. The number of hydrogen-bond acceptors (Lipinski definition) is 3. The Hall–Kier alpha value is -0.770. The normalized spacial score (nSPS) is 17.6. The van der Waals surface area contributed by atoms with Crippen LogP contribution in [0.15, 0.2) is 18.2 Å². The first kappa shape index (κ1) is 14.6. The fraction of sp³-hybridized carbons (Fsp3) is 0.600. The molecule has 2 N–H and O–H groups in total. The van der Waals surface area contributed by atoms with E-state index < -0.39 is 6.10 Å². The van der Waals surface area contributed by atoms with Crippen molar-refractivity contribution in [2.75, 3.05) is 13.2 Å². The number of aliphatic hydroxyl groups is 1. The van der Waals surface area contributed by atoms with Gasteiger partial charge in [0, 0.05) is 17.6 Å². The van der Waals surface area contributed by atoms with Gasteiger partial charge in [-0.05, 0) is 43.5 Å². The lowest BCUT2D eigenvalue weighted by molar-refractivity contribution is 0.104. The molecule has 1 atom stereocenters. The van der Waals surface area contributed by atoms with Crippen molar-refractivity contribution in [1.29, 1.82) is 0 Å². The van der Waals surface area contributed by atoms with E-state index in [1.54, 1.807) is 0 Å². The fourth-order valence-electron chi connectivity index (χ4n) is 2.39. The minimum Gasteiger partial charge on any atom is -0.491 e. The molecular formula is C15H22ClNO2. The van der Waals surface area contributed by atoms with Crippen molar-refractivity contribution >= 4 is 11.6 Å². The maximum absolute atomic E-state index is 9.88. The van der Waals surface area contributed by atoms with E-state index in [0.29, 0.717) is 19.2 Å². The number of ether oxygens (including phenoxy) is 1. The number of aliphatic hydroxyl groups excluding tert-OH is 1. The zero-order valence-electron chi connectivity index (χ0n) is 11.4. The lowest BCUT2D eigenvalue weighted by atomic mass is 10.2. The fourth-order valence-corrected chi connectivity index (χ4v) is 2.51. The van der Waals surface area contributed by atoms with Gasteiger partial charge in [0.15, 0.2) is 0 Å². The van der Waals surface area contributed by atoms with Crippen LogP contribution in [0.25, 0.3) is 0 Å². The van der Waals surface area contributed by atoms with Crippen LogP contribution in [0.4, 0.5) is 0 Å². The van der Waals surface area contributed by atoms with E-state index in [4.69, 9.17) is 16.3 Å². The first-order valence-electron chi connectivity index (χ1n) is 6.95. The van der Waals surface area contributed by atoms with E-state index >= 15 is 0 Å². The first-order valence-corrected chi connectivity index (χ1v) is 7.33. The van der Waals surface area contributed by atoms with Crippen LogP contribution in [0.3, 0.4) is 0 Å². The second kappa shape index (κ2) is 7.13. The van der Waals surface area contributed by atoms with Gasteiger partial charge in [-0.1, -0.05) is 24.4 Å². The van der Waals surface area contributed by atoms with E-state index in [2.05, 4.69) is 5.32 Å². The van der Waals surface area contributed by atoms with Gasteiger partial charge in [0.05, 0.1) is 0 Å². The zero-order chi connectivity index (χ0) is 13.7. The standard InChI is InChI=1S/C15H22ClNO2/c1-11-8-14(6-7-15(11)16)19-10-13(18)9-17-12-4-2-3-5-12/h6-8,12-13,17-18H,2-5,9-10H2,1H3/t13-/m0/s1. The van der Waals surface area contributed by atoms with Crippen molar-refractivity contribution in [2.45, 2.75) is 44.8 Å². The van der Waals surface area contributed by atoms with Gasteiger partial charge < -0.3 is 15.2 Å². The minimum absolute atomic E-state index is 0.306. The minimum atomic E-state index is -0.475. The van der Waals surface area contributed by atoms with Crippen molar-refractivity contribution in [2.24, 2.45) is 0 Å². The van der Waals surface area contributed by atoms with Gasteiger partial charge in [-0.3, -0.25) is 0 Å². The predicted molar refractivity (Wildman–Crippen MR) is 77.9 cm³/mol. The van der Waals surface area contributed by atoms with Crippen LogP contribution in [0.2, 0.25) is 5.02 Å². The Bertz CT molecular complexity index is 405. The smallest absolute Gasteiger partial charge is 0.119 e. The molecule has 1 aliphatic rings. The Kier molecular flexibility index (Phi) is 5.49. The van der Waals surface area contributed by atoms with Crippen LogP contribution in [0.1, 0.15) is 31.2 Å². The van der Waals surface area contributed by atoms with E-state index in [9.17, 15) is 5.11 Å². The molecule has 0 heterocycles. The van der Waals surface area contributed by atoms with Crippen LogP contribution >= 0.6 is 11.6 Å². The third-order valence-corrected chi connectivity index (χ3v) is 3.99. The lowest BCUT2D eigenvalue weighted by Crippen LogP contribution is -2.36. The summed E-state index contributed by atoms with van der Waals surface area (Å²) in [6.45, 7) is 2.84. The van der Waals surface area contributed by atoms with Gasteiger partial charge in [-0.2, -0.15) is 0 Å². The Morgan fingerprint density at radius 1 is 1.42 bits per heavy atom. The highest BCUT2D eigenvalue weighted by atomic mass is 35.5. The molecule has 4 heteroatoms. The Morgan fingerprint density at radius 3 is 2.84 bits per heavy atom. The molecule has 0 aromatic heterocycles. The van der Waals surface area contributed by atoms with Crippen molar-refractivity contribution in [1.82, 2.24) is 5.32 Å². The summed E-state index contributed by atoms with van der Waals surface area (Å²) in [5, 5.41) is 14.0. The maximum atomic E-state index is 9.88. The van der Waals surface area contributed by atoms with Gasteiger partial charge in [-0.25, -0.2) is 0 Å². The molecule has 106 valence electrons. The average molecular weight is 284 g/mol. The number of halogens is 1. The molecule has 19 heavy (non-hydrogen) atoms. The van der Waals surface area contributed by atoms with Crippen LogP contribution in [0.5, 0.6) is 5.75 Å². The molecular weight excluding hydrogens is 262 g/mol. The van der Waals surface area contributed by atoms with E-state index in [0.717, 1.165) is 16.3 Å². The van der Waals surface area contributed by atoms with E-state index in [-0.39, 0.29) is 0 Å². The van der Waals surface area contributed by atoms with Gasteiger partial charge in [0.2, 0.25) is 0 Å². The van der Waals surface area contributed by atoms with Gasteiger partial charge in [0.25, 0.3) is 0 Å². The van der Waals surface area contributed by atoms with Crippen LogP contribution in [0, 0.1) is 6.92 Å². The van der Waals surface area contributed by atoms with Gasteiger partial charge in [0.1, 0.15) is 18.5 Å². The second-order valence-electron chi connectivity index (χ2n) is 5.27. The summed E-state index contributed by atoms with van der Waals surface area (Å²) in [5.74, 6) is 0.752. The van der Waals surface area contributed by atoms with Crippen LogP contribution in [-0.4, -0.2) is 30.4 Å². The molecule has 0 radical (unpaired) electrons.